The first-order chi connectivity index (χ1) is 15.0. The lowest BCUT2D eigenvalue weighted by molar-refractivity contribution is -0.116. The van der Waals surface area contributed by atoms with Crippen molar-refractivity contribution in [2.45, 2.75) is 58.4 Å². The van der Waals surface area contributed by atoms with Gasteiger partial charge in [-0.05, 0) is 82.2 Å². The summed E-state index contributed by atoms with van der Waals surface area (Å²) in [7, 11) is 1.64. The minimum atomic E-state index is -0.185. The van der Waals surface area contributed by atoms with Gasteiger partial charge >= 0.3 is 6.09 Å². The van der Waals surface area contributed by atoms with Crippen LogP contribution in [0.5, 0.6) is 5.75 Å². The Hall–Kier alpha value is -2.28. The van der Waals surface area contributed by atoms with Crippen molar-refractivity contribution in [1.29, 1.82) is 0 Å². The standard InChI is InChI=1S/C24H37N3O4/c1-4-31-24(29)26-14-11-20(12-15-26)27-13-5-6-19(17-27)7-10-23(28)25-22-9-8-21(30-3)16-18(22)2/h8-9,16,19-20H,4-7,10-15,17H2,1-3H3,(H,25,28)/t19-/m0/s1. The summed E-state index contributed by atoms with van der Waals surface area (Å²) < 4.78 is 10.4. The van der Waals surface area contributed by atoms with Crippen LogP contribution in [0.15, 0.2) is 18.2 Å². The van der Waals surface area contributed by atoms with Crippen LogP contribution in [0.4, 0.5) is 10.5 Å². The van der Waals surface area contributed by atoms with Gasteiger partial charge in [0.1, 0.15) is 5.75 Å². The highest BCUT2D eigenvalue weighted by Gasteiger charge is 2.30. The quantitative estimate of drug-likeness (QED) is 0.705. The van der Waals surface area contributed by atoms with E-state index in [-0.39, 0.29) is 12.0 Å². The van der Waals surface area contributed by atoms with Gasteiger partial charge in [-0.25, -0.2) is 4.79 Å². The molecule has 172 valence electrons. The first-order valence-electron chi connectivity index (χ1n) is 11.6. The van der Waals surface area contributed by atoms with Crippen molar-refractivity contribution in [3.63, 3.8) is 0 Å². The molecule has 0 saturated carbocycles. The Bertz CT molecular complexity index is 746. The number of likely N-dealkylation sites (tertiary alicyclic amines) is 2. The van der Waals surface area contributed by atoms with E-state index in [0.29, 0.717) is 25.0 Å². The number of hydrogen-bond donors (Lipinski definition) is 1. The van der Waals surface area contributed by atoms with Crippen molar-refractivity contribution in [3.8, 4) is 5.75 Å². The van der Waals surface area contributed by atoms with E-state index in [9.17, 15) is 9.59 Å². The number of hydrogen-bond acceptors (Lipinski definition) is 5. The lowest BCUT2D eigenvalue weighted by Crippen LogP contribution is -2.49. The van der Waals surface area contributed by atoms with Gasteiger partial charge in [-0.2, -0.15) is 0 Å². The molecule has 1 atom stereocenters. The third-order valence-electron chi connectivity index (χ3n) is 6.54. The Morgan fingerprint density at radius 2 is 1.94 bits per heavy atom. The fraction of sp³-hybridized carbons (Fsp3) is 0.667. The molecular weight excluding hydrogens is 394 g/mol. The number of rotatable bonds is 7. The molecular formula is C24H37N3O4. The second kappa shape index (κ2) is 11.4. The molecule has 2 fully saturated rings. The van der Waals surface area contributed by atoms with Gasteiger partial charge in [-0.1, -0.05) is 0 Å². The summed E-state index contributed by atoms with van der Waals surface area (Å²) in [5.74, 6) is 1.43. The summed E-state index contributed by atoms with van der Waals surface area (Å²) in [4.78, 5) is 28.8. The molecule has 0 spiro atoms. The number of carbonyl (C=O) groups is 2. The Morgan fingerprint density at radius 1 is 1.16 bits per heavy atom. The molecule has 0 aliphatic carbocycles. The third kappa shape index (κ3) is 6.60. The van der Waals surface area contributed by atoms with Gasteiger partial charge in [0.05, 0.1) is 13.7 Å². The van der Waals surface area contributed by atoms with Crippen LogP contribution in [0.3, 0.4) is 0 Å². The van der Waals surface area contributed by atoms with E-state index in [4.69, 9.17) is 9.47 Å². The number of nitrogens with one attached hydrogen (secondary N) is 1. The zero-order chi connectivity index (χ0) is 22.2. The normalized spacial score (nSPS) is 20.4. The summed E-state index contributed by atoms with van der Waals surface area (Å²) in [6.45, 7) is 7.97. The molecule has 2 amide bonds. The van der Waals surface area contributed by atoms with Gasteiger partial charge in [0, 0.05) is 37.8 Å². The monoisotopic (exact) mass is 431 g/mol. The van der Waals surface area contributed by atoms with E-state index in [2.05, 4.69) is 10.2 Å². The lowest BCUT2D eigenvalue weighted by atomic mass is 9.90. The Morgan fingerprint density at radius 3 is 2.61 bits per heavy atom. The van der Waals surface area contributed by atoms with Crippen LogP contribution in [0.2, 0.25) is 0 Å². The average Bonchev–Trinajstić information content (AvgIpc) is 2.79. The SMILES string of the molecule is CCOC(=O)N1CCC(N2CCC[C@@H](CCC(=O)Nc3ccc(OC)cc3C)C2)CC1. The van der Waals surface area contributed by atoms with Gasteiger partial charge in [0.25, 0.3) is 0 Å². The van der Waals surface area contributed by atoms with Gasteiger partial charge in [0.15, 0.2) is 0 Å². The van der Waals surface area contributed by atoms with Gasteiger partial charge in [-0.3, -0.25) is 9.69 Å². The highest BCUT2D eigenvalue weighted by atomic mass is 16.6. The number of piperidine rings is 2. The molecule has 1 aromatic carbocycles. The Balaban J connectivity index is 1.42. The fourth-order valence-electron chi connectivity index (χ4n) is 4.74. The molecule has 2 aliphatic heterocycles. The summed E-state index contributed by atoms with van der Waals surface area (Å²) in [6.07, 6.45) is 5.65. The van der Waals surface area contributed by atoms with Crippen molar-refractivity contribution in [3.05, 3.63) is 23.8 Å². The second-order valence-corrected chi connectivity index (χ2v) is 8.69. The van der Waals surface area contributed by atoms with E-state index in [1.165, 1.54) is 12.8 Å². The van der Waals surface area contributed by atoms with Crippen molar-refractivity contribution in [2.75, 3.05) is 45.2 Å². The smallest absolute Gasteiger partial charge is 0.409 e. The second-order valence-electron chi connectivity index (χ2n) is 8.69. The van der Waals surface area contributed by atoms with Crippen LogP contribution in [0, 0.1) is 12.8 Å². The van der Waals surface area contributed by atoms with E-state index < -0.39 is 0 Å². The zero-order valence-electron chi connectivity index (χ0n) is 19.2. The summed E-state index contributed by atoms with van der Waals surface area (Å²) in [6, 6.07) is 6.23. The van der Waals surface area contributed by atoms with Crippen LogP contribution in [0.25, 0.3) is 0 Å². The molecule has 1 aromatic rings. The minimum absolute atomic E-state index is 0.0770. The van der Waals surface area contributed by atoms with Crippen LogP contribution in [-0.4, -0.2) is 67.7 Å². The van der Waals surface area contributed by atoms with Gasteiger partial charge < -0.3 is 19.7 Å². The first-order valence-corrected chi connectivity index (χ1v) is 11.6. The third-order valence-corrected chi connectivity index (χ3v) is 6.54. The highest BCUT2D eigenvalue weighted by molar-refractivity contribution is 5.91. The molecule has 0 radical (unpaired) electrons. The predicted molar refractivity (Wildman–Crippen MR) is 122 cm³/mol. The number of methoxy groups -OCH3 is 1. The van der Waals surface area contributed by atoms with Crippen molar-refractivity contribution < 1.29 is 19.1 Å². The van der Waals surface area contributed by atoms with E-state index in [1.807, 2.05) is 36.9 Å². The molecule has 1 N–H and O–H groups in total. The molecule has 2 heterocycles. The Labute approximate surface area is 186 Å². The molecule has 3 rings (SSSR count). The van der Waals surface area contributed by atoms with E-state index >= 15 is 0 Å². The minimum Gasteiger partial charge on any atom is -0.497 e. The summed E-state index contributed by atoms with van der Waals surface area (Å²) in [5.41, 5.74) is 1.86. The lowest BCUT2D eigenvalue weighted by Gasteiger charge is -2.42. The molecule has 2 saturated heterocycles. The molecule has 31 heavy (non-hydrogen) atoms. The topological polar surface area (TPSA) is 71.1 Å². The van der Waals surface area contributed by atoms with Crippen LogP contribution in [-0.2, 0) is 9.53 Å². The molecule has 2 aliphatic rings. The average molecular weight is 432 g/mol. The number of nitrogens with zero attached hydrogens (tertiary/aromatic N) is 2. The number of ether oxygens (including phenoxy) is 2. The maximum absolute atomic E-state index is 12.5. The summed E-state index contributed by atoms with van der Waals surface area (Å²) >= 11 is 0. The predicted octanol–water partition coefficient (Wildman–Crippen LogP) is 4.06. The fourth-order valence-corrected chi connectivity index (χ4v) is 4.74. The molecule has 7 nitrogen and oxygen atoms in total. The largest absolute Gasteiger partial charge is 0.497 e. The molecule has 0 aromatic heterocycles. The molecule has 7 heteroatoms. The van der Waals surface area contributed by atoms with Crippen LogP contribution >= 0.6 is 0 Å². The molecule has 0 bridgehead atoms. The number of amides is 2. The van der Waals surface area contributed by atoms with Crippen molar-refractivity contribution in [1.82, 2.24) is 9.80 Å². The maximum Gasteiger partial charge on any atom is 0.409 e. The number of carbonyl (C=O) groups excluding carboxylic acids is 2. The number of anilines is 1. The van der Waals surface area contributed by atoms with E-state index in [1.54, 1.807) is 7.11 Å². The van der Waals surface area contributed by atoms with E-state index in [0.717, 1.165) is 62.4 Å². The Kier molecular flexibility index (Phi) is 8.58. The number of aryl methyl sites for hydroxylation is 1. The number of benzene rings is 1. The zero-order valence-corrected chi connectivity index (χ0v) is 19.2. The summed E-state index contributed by atoms with van der Waals surface area (Å²) in [5, 5.41) is 3.04. The van der Waals surface area contributed by atoms with Crippen LogP contribution < -0.4 is 10.1 Å². The van der Waals surface area contributed by atoms with Crippen molar-refractivity contribution in [2.24, 2.45) is 5.92 Å². The van der Waals surface area contributed by atoms with Gasteiger partial charge in [-0.15, -0.1) is 0 Å². The van der Waals surface area contributed by atoms with Crippen LogP contribution in [0.1, 0.15) is 51.0 Å². The molecule has 0 unspecified atom stereocenters. The van der Waals surface area contributed by atoms with Crippen molar-refractivity contribution >= 4 is 17.7 Å². The highest BCUT2D eigenvalue weighted by Crippen LogP contribution is 2.27. The maximum atomic E-state index is 12.5. The van der Waals surface area contributed by atoms with Gasteiger partial charge in [0.2, 0.25) is 5.91 Å². The first kappa shape index (κ1) is 23.4.